The predicted octanol–water partition coefficient (Wildman–Crippen LogP) is 1.96. The smallest absolute Gasteiger partial charge is 0.240 e. The Hall–Kier alpha value is -0.910. The molecule has 0 bridgehead atoms. The minimum atomic E-state index is -3.40. The Morgan fingerprint density at radius 3 is 2.63 bits per heavy atom. The zero-order valence-electron chi connectivity index (χ0n) is 11.9. The van der Waals surface area contributed by atoms with E-state index in [9.17, 15) is 8.42 Å². The maximum absolute atomic E-state index is 12.2. The predicted molar refractivity (Wildman–Crippen MR) is 78.6 cm³/mol. The van der Waals surface area contributed by atoms with Gasteiger partial charge in [0, 0.05) is 6.54 Å². The second kappa shape index (κ2) is 7.03. The number of rotatable bonds is 7. The van der Waals surface area contributed by atoms with Gasteiger partial charge in [-0.25, -0.2) is 13.1 Å². The van der Waals surface area contributed by atoms with Crippen LogP contribution in [0, 0.1) is 19.8 Å². The van der Waals surface area contributed by atoms with Crippen molar-refractivity contribution in [3.63, 3.8) is 0 Å². The average molecular weight is 284 g/mol. The number of nitrogens with two attached hydrogens (primary N) is 1. The molecule has 4 nitrogen and oxygen atoms in total. The van der Waals surface area contributed by atoms with Crippen LogP contribution in [0.2, 0.25) is 0 Å². The Bertz CT molecular complexity index is 512. The van der Waals surface area contributed by atoms with E-state index >= 15 is 0 Å². The fourth-order valence-electron chi connectivity index (χ4n) is 1.85. The highest BCUT2D eigenvalue weighted by Crippen LogP contribution is 2.16. The van der Waals surface area contributed by atoms with Crippen molar-refractivity contribution >= 4 is 10.0 Å². The summed E-state index contributed by atoms with van der Waals surface area (Å²) in [5.74, 6) is 0.435. The minimum absolute atomic E-state index is 0.374. The molecule has 0 spiro atoms. The normalized spacial score (nSPS) is 13.5. The van der Waals surface area contributed by atoms with Crippen LogP contribution in [0.25, 0.3) is 0 Å². The highest BCUT2D eigenvalue weighted by atomic mass is 32.2. The van der Waals surface area contributed by atoms with E-state index in [0.29, 0.717) is 23.9 Å². The van der Waals surface area contributed by atoms with E-state index in [-0.39, 0.29) is 0 Å². The topological polar surface area (TPSA) is 72.2 Å². The molecule has 108 valence electrons. The van der Waals surface area contributed by atoms with Crippen molar-refractivity contribution in [1.82, 2.24) is 4.72 Å². The summed E-state index contributed by atoms with van der Waals surface area (Å²) in [6, 6.07) is 5.46. The monoisotopic (exact) mass is 284 g/mol. The molecular formula is C14H24N2O2S. The Balaban J connectivity index is 2.64. The van der Waals surface area contributed by atoms with Gasteiger partial charge in [0.05, 0.1) is 4.90 Å². The van der Waals surface area contributed by atoms with Crippen LogP contribution in [-0.4, -0.2) is 21.5 Å². The number of hydrogen-bond acceptors (Lipinski definition) is 3. The Labute approximate surface area is 116 Å². The molecule has 0 aliphatic carbocycles. The van der Waals surface area contributed by atoms with E-state index in [1.807, 2.05) is 26.0 Å². The molecular weight excluding hydrogens is 260 g/mol. The van der Waals surface area contributed by atoms with Crippen molar-refractivity contribution in [3.05, 3.63) is 29.3 Å². The third-order valence-electron chi connectivity index (χ3n) is 3.20. The summed E-state index contributed by atoms with van der Waals surface area (Å²) in [5.41, 5.74) is 7.25. The zero-order valence-corrected chi connectivity index (χ0v) is 12.8. The van der Waals surface area contributed by atoms with Crippen molar-refractivity contribution < 1.29 is 8.42 Å². The maximum atomic E-state index is 12.2. The summed E-state index contributed by atoms with van der Waals surface area (Å²) < 4.78 is 27.0. The van der Waals surface area contributed by atoms with Gasteiger partial charge in [-0.2, -0.15) is 0 Å². The first-order chi connectivity index (χ1) is 8.86. The number of nitrogens with one attached hydrogen (secondary N) is 1. The summed E-state index contributed by atoms with van der Waals surface area (Å²) in [6.45, 7) is 6.87. The lowest BCUT2D eigenvalue weighted by Crippen LogP contribution is -2.26. The van der Waals surface area contributed by atoms with Crippen molar-refractivity contribution in [3.8, 4) is 0 Å². The molecule has 1 aromatic carbocycles. The van der Waals surface area contributed by atoms with Crippen molar-refractivity contribution in [2.45, 2.75) is 38.5 Å². The zero-order chi connectivity index (χ0) is 14.5. The highest BCUT2D eigenvalue weighted by molar-refractivity contribution is 7.89. The molecule has 0 aliphatic rings. The van der Waals surface area contributed by atoms with E-state index in [1.165, 1.54) is 0 Å². The molecule has 1 aromatic rings. The van der Waals surface area contributed by atoms with Gasteiger partial charge in [0.1, 0.15) is 0 Å². The van der Waals surface area contributed by atoms with Crippen LogP contribution < -0.4 is 10.5 Å². The van der Waals surface area contributed by atoms with Gasteiger partial charge in [0.25, 0.3) is 0 Å². The van der Waals surface area contributed by atoms with Gasteiger partial charge in [-0.05, 0) is 56.3 Å². The SMILES string of the molecule is Cc1ccc(C)c(S(=O)(=O)NCCCC(C)CN)c1. The third-order valence-corrected chi connectivity index (χ3v) is 4.80. The summed E-state index contributed by atoms with van der Waals surface area (Å²) in [6.07, 6.45) is 1.74. The van der Waals surface area contributed by atoms with E-state index in [4.69, 9.17) is 5.73 Å². The lowest BCUT2D eigenvalue weighted by atomic mass is 10.1. The number of hydrogen-bond donors (Lipinski definition) is 2. The van der Waals surface area contributed by atoms with Crippen molar-refractivity contribution in [2.24, 2.45) is 11.7 Å². The molecule has 0 aromatic heterocycles. The molecule has 3 N–H and O–H groups in total. The summed E-state index contributed by atoms with van der Waals surface area (Å²) >= 11 is 0. The molecule has 5 heteroatoms. The first-order valence-electron chi connectivity index (χ1n) is 6.64. The number of benzene rings is 1. The molecule has 1 unspecified atom stereocenters. The van der Waals surface area contributed by atoms with Gasteiger partial charge in [-0.1, -0.05) is 19.1 Å². The molecule has 1 atom stereocenters. The average Bonchev–Trinajstić information content (AvgIpc) is 2.37. The lowest BCUT2D eigenvalue weighted by molar-refractivity contribution is 0.513. The quantitative estimate of drug-likeness (QED) is 0.752. The van der Waals surface area contributed by atoms with Crippen LogP contribution in [0.3, 0.4) is 0 Å². The fraction of sp³-hybridized carbons (Fsp3) is 0.571. The molecule has 0 aliphatic heterocycles. The first kappa shape index (κ1) is 16.1. The van der Waals surface area contributed by atoms with Gasteiger partial charge in [-0.3, -0.25) is 0 Å². The minimum Gasteiger partial charge on any atom is -0.330 e. The highest BCUT2D eigenvalue weighted by Gasteiger charge is 2.16. The second-order valence-corrected chi connectivity index (χ2v) is 6.89. The number of aryl methyl sites for hydroxylation is 2. The van der Waals surface area contributed by atoms with Gasteiger partial charge >= 0.3 is 0 Å². The van der Waals surface area contributed by atoms with Crippen LogP contribution in [0.4, 0.5) is 0 Å². The third kappa shape index (κ3) is 4.93. The van der Waals surface area contributed by atoms with E-state index in [1.54, 1.807) is 6.07 Å². The molecule has 19 heavy (non-hydrogen) atoms. The summed E-state index contributed by atoms with van der Waals surface area (Å²) in [4.78, 5) is 0.374. The second-order valence-electron chi connectivity index (χ2n) is 5.15. The van der Waals surface area contributed by atoms with Crippen LogP contribution in [-0.2, 0) is 10.0 Å². The lowest BCUT2D eigenvalue weighted by Gasteiger charge is -2.11. The van der Waals surface area contributed by atoms with Gasteiger partial charge in [0.15, 0.2) is 0 Å². The Morgan fingerprint density at radius 1 is 1.32 bits per heavy atom. The van der Waals surface area contributed by atoms with Gasteiger partial charge in [0.2, 0.25) is 10.0 Å². The Kier molecular flexibility index (Phi) is 5.97. The van der Waals surface area contributed by atoms with Gasteiger partial charge < -0.3 is 5.73 Å². The van der Waals surface area contributed by atoms with Crippen molar-refractivity contribution in [1.29, 1.82) is 0 Å². The van der Waals surface area contributed by atoms with Crippen LogP contribution in [0.15, 0.2) is 23.1 Å². The van der Waals surface area contributed by atoms with Crippen LogP contribution in [0.5, 0.6) is 0 Å². The molecule has 1 rings (SSSR count). The summed E-state index contributed by atoms with van der Waals surface area (Å²) in [5, 5.41) is 0. The van der Waals surface area contributed by atoms with Crippen molar-refractivity contribution in [2.75, 3.05) is 13.1 Å². The van der Waals surface area contributed by atoms with Crippen LogP contribution >= 0.6 is 0 Å². The molecule has 0 fully saturated rings. The molecule has 0 saturated carbocycles. The van der Waals surface area contributed by atoms with E-state index < -0.39 is 10.0 Å². The first-order valence-corrected chi connectivity index (χ1v) is 8.12. The fourth-order valence-corrected chi connectivity index (χ4v) is 3.25. The maximum Gasteiger partial charge on any atom is 0.240 e. The molecule has 0 heterocycles. The van der Waals surface area contributed by atoms with E-state index in [2.05, 4.69) is 11.6 Å². The number of sulfonamides is 1. The summed E-state index contributed by atoms with van der Waals surface area (Å²) in [7, 11) is -3.40. The largest absolute Gasteiger partial charge is 0.330 e. The molecule has 0 radical (unpaired) electrons. The molecule has 0 amide bonds. The van der Waals surface area contributed by atoms with E-state index in [0.717, 1.165) is 24.0 Å². The van der Waals surface area contributed by atoms with Gasteiger partial charge in [-0.15, -0.1) is 0 Å². The van der Waals surface area contributed by atoms with Crippen LogP contribution in [0.1, 0.15) is 30.9 Å². The Morgan fingerprint density at radius 2 is 2.00 bits per heavy atom. The standard InChI is InChI=1S/C14H24N2O2S/c1-11-6-7-13(3)14(9-11)19(17,18)16-8-4-5-12(2)10-15/h6-7,9,12,16H,4-5,8,10,15H2,1-3H3. The molecule has 0 saturated heterocycles.